The van der Waals surface area contributed by atoms with Gasteiger partial charge in [0.2, 0.25) is 5.88 Å². The molecule has 0 unspecified atom stereocenters. The van der Waals surface area contributed by atoms with Gasteiger partial charge in [-0.05, 0) is 124 Å². The Balaban J connectivity index is 0.940. The van der Waals surface area contributed by atoms with Crippen molar-refractivity contribution in [2.45, 2.75) is 27.6 Å². The van der Waals surface area contributed by atoms with Crippen LogP contribution in [0.3, 0.4) is 0 Å². The molecule has 0 aliphatic rings. The lowest BCUT2D eigenvalue weighted by molar-refractivity contribution is 0.327. The lowest BCUT2D eigenvalue weighted by atomic mass is 10.1. The molecular weight excluding hydrogens is 793 g/mol. The summed E-state index contributed by atoms with van der Waals surface area (Å²) in [5, 5.41) is 4.35. The van der Waals surface area contributed by atoms with E-state index in [1.807, 2.05) is 116 Å². The van der Waals surface area contributed by atoms with Gasteiger partial charge in [0.1, 0.15) is 40.3 Å². The second kappa shape index (κ2) is 15.9. The lowest BCUT2D eigenvalue weighted by Gasteiger charge is -2.15. The Morgan fingerprint density at radius 1 is 0.484 bits per heavy atom. The first-order valence-electron chi connectivity index (χ1n) is 22.6. The zero-order valence-electron chi connectivity index (χ0n) is 38.3. The minimum Gasteiger partial charge on any atom is -0.476 e. The first-order valence-corrected chi connectivity index (χ1v) is 21.1. The first kappa shape index (κ1) is 35.3. The number of aromatic nitrogens is 6. The van der Waals surface area contributed by atoms with Gasteiger partial charge < -0.3 is 14.2 Å². The highest BCUT2D eigenvalue weighted by Crippen LogP contribution is 2.39. The minimum absolute atomic E-state index is 0.165. The van der Waals surface area contributed by atoms with Crippen LogP contribution in [0.5, 0.6) is 28.9 Å². The van der Waals surface area contributed by atoms with Gasteiger partial charge in [-0.1, -0.05) is 60.7 Å². The van der Waals surface area contributed by atoms with E-state index in [1.54, 1.807) is 12.1 Å². The van der Waals surface area contributed by atoms with Crippen LogP contribution in [0, 0.1) is 20.7 Å². The zero-order valence-corrected chi connectivity index (χ0v) is 35.3. The third kappa shape index (κ3) is 6.93. The van der Waals surface area contributed by atoms with Crippen LogP contribution in [0.15, 0.2) is 170 Å². The van der Waals surface area contributed by atoms with Crippen molar-refractivity contribution in [1.29, 1.82) is 0 Å². The average Bonchev–Trinajstić information content (AvgIpc) is 3.83. The summed E-state index contributed by atoms with van der Waals surface area (Å²) in [7, 11) is 0. The third-order valence-corrected chi connectivity index (χ3v) is 11.4. The molecule has 0 radical (unpaired) electrons. The van der Waals surface area contributed by atoms with Crippen molar-refractivity contribution in [2.24, 2.45) is 0 Å². The smallest absolute Gasteiger partial charge is 0.241 e. The number of hydrogen-bond acceptors (Lipinski definition) is 7. The number of benzene rings is 6. The van der Waals surface area contributed by atoms with Crippen LogP contribution in [-0.4, -0.2) is 35.7 Å². The van der Waals surface area contributed by atoms with Crippen molar-refractivity contribution in [3.8, 4) is 63.0 Å². The van der Waals surface area contributed by atoms with Crippen molar-refractivity contribution < 1.29 is 18.3 Å². The number of aryl methyl sites for hydroxylation is 3. The molecule has 310 valence electrons. The molecule has 11 aromatic rings. The van der Waals surface area contributed by atoms with Gasteiger partial charge in [-0.25, -0.2) is 19.9 Å². The Kier molecular flexibility index (Phi) is 8.76. The number of hydrogen-bond donors (Lipinski definition) is 0. The van der Waals surface area contributed by atoms with Crippen LogP contribution in [0.4, 0.5) is 0 Å². The molecule has 0 fully saturated rings. The van der Waals surface area contributed by atoms with E-state index < -0.39 is 6.85 Å². The Morgan fingerprint density at radius 3 is 1.50 bits per heavy atom. The molecule has 6 aromatic carbocycles. The summed E-state index contributed by atoms with van der Waals surface area (Å²) >= 11 is 0. The molecule has 0 spiro atoms. The second-order valence-corrected chi connectivity index (χ2v) is 15.7. The second-order valence-electron chi connectivity index (χ2n) is 15.7. The molecule has 0 bridgehead atoms. The van der Waals surface area contributed by atoms with E-state index in [-0.39, 0.29) is 29.6 Å². The van der Waals surface area contributed by atoms with E-state index in [0.717, 1.165) is 66.4 Å². The minimum atomic E-state index is -2.63. The van der Waals surface area contributed by atoms with Crippen LogP contribution < -0.4 is 14.2 Å². The van der Waals surface area contributed by atoms with Crippen molar-refractivity contribution in [3.63, 3.8) is 0 Å². The summed E-state index contributed by atoms with van der Waals surface area (Å²) in [5.41, 5.74) is 7.53. The topological polar surface area (TPSA) is 89.1 Å². The highest BCUT2D eigenvalue weighted by Gasteiger charge is 2.19. The number of ether oxygens (including phenoxy) is 3. The molecule has 0 atom stereocenters. The zero-order chi connectivity index (χ0) is 45.8. The van der Waals surface area contributed by atoms with Crippen molar-refractivity contribution in [1.82, 2.24) is 29.1 Å². The van der Waals surface area contributed by atoms with Gasteiger partial charge in [-0.2, -0.15) is 0 Å². The SMILES string of the molecule is [2H]C([2H])([2H])c1nc(-c2cccc(Oc3ccc4c5ccccc5n(-c5cc(C)ccn5)c4c3)c2)c(OCC)nc1-c1cccc(Oc2ccc3c4ccccc4n(-c4cc(C)ccn4)c3c2)c1. The highest BCUT2D eigenvalue weighted by atomic mass is 16.5. The van der Waals surface area contributed by atoms with Crippen molar-refractivity contribution in [3.05, 3.63) is 187 Å². The first-order chi connectivity index (χ1) is 32.6. The molecule has 11 rings (SSSR count). The van der Waals surface area contributed by atoms with Crippen LogP contribution in [0.25, 0.3) is 77.8 Å². The summed E-state index contributed by atoms with van der Waals surface area (Å²) in [6.45, 7) is 3.60. The Hall–Kier alpha value is -8.30. The summed E-state index contributed by atoms with van der Waals surface area (Å²) in [6.07, 6.45) is 3.64. The third-order valence-electron chi connectivity index (χ3n) is 11.4. The van der Waals surface area contributed by atoms with Crippen molar-refractivity contribution >= 4 is 43.6 Å². The molecule has 5 aromatic heterocycles. The fraction of sp³-hybridized carbons (Fsp3) is 0.0909. The van der Waals surface area contributed by atoms with Crippen LogP contribution in [0.2, 0.25) is 0 Å². The predicted molar refractivity (Wildman–Crippen MR) is 256 cm³/mol. The fourth-order valence-electron chi connectivity index (χ4n) is 8.54. The predicted octanol–water partition coefficient (Wildman–Crippen LogP) is 13.7. The van der Waals surface area contributed by atoms with Crippen LogP contribution in [0.1, 0.15) is 27.9 Å². The average molecular weight is 838 g/mol. The molecule has 0 saturated carbocycles. The maximum Gasteiger partial charge on any atom is 0.241 e. The molecule has 0 N–H and O–H groups in total. The summed E-state index contributed by atoms with van der Waals surface area (Å²) in [6, 6.07) is 51.2. The van der Waals surface area contributed by atoms with Gasteiger partial charge in [-0.3, -0.25) is 9.13 Å². The number of fused-ring (bicyclic) bond motifs is 6. The molecule has 64 heavy (non-hydrogen) atoms. The molecule has 0 aliphatic carbocycles. The van der Waals surface area contributed by atoms with E-state index in [0.29, 0.717) is 34.1 Å². The van der Waals surface area contributed by atoms with E-state index >= 15 is 0 Å². The van der Waals surface area contributed by atoms with E-state index in [1.165, 1.54) is 0 Å². The molecule has 9 heteroatoms. The van der Waals surface area contributed by atoms with E-state index in [2.05, 4.69) is 71.5 Å². The maximum absolute atomic E-state index is 8.66. The summed E-state index contributed by atoms with van der Waals surface area (Å²) in [4.78, 5) is 19.1. The van der Waals surface area contributed by atoms with E-state index in [9.17, 15) is 0 Å². The van der Waals surface area contributed by atoms with Gasteiger partial charge in [0.05, 0.1) is 40.1 Å². The van der Waals surface area contributed by atoms with Gasteiger partial charge in [0.25, 0.3) is 0 Å². The number of rotatable bonds is 10. The molecule has 0 amide bonds. The quantitative estimate of drug-likeness (QED) is 0.135. The molecule has 0 aliphatic heterocycles. The fourth-order valence-corrected chi connectivity index (χ4v) is 8.54. The molecular formula is C55H42N6O3. The van der Waals surface area contributed by atoms with Crippen molar-refractivity contribution in [2.75, 3.05) is 6.61 Å². The van der Waals surface area contributed by atoms with E-state index in [4.69, 9.17) is 38.3 Å². The molecule has 0 saturated heterocycles. The molecule has 5 heterocycles. The Morgan fingerprint density at radius 2 is 0.984 bits per heavy atom. The molecule has 9 nitrogen and oxygen atoms in total. The number of pyridine rings is 2. The highest BCUT2D eigenvalue weighted by molar-refractivity contribution is 6.10. The van der Waals surface area contributed by atoms with Gasteiger partial charge in [0.15, 0.2) is 0 Å². The standard InChI is InChI=1S/C55H42N6O3/c1-5-62-55-54(38-13-11-15-40(31-38)64-42-21-23-46-44-17-7-9-19-48(44)61(50(46)33-42)52-29-35(3)25-27-57-52)58-36(4)53(59-55)37-12-10-14-39(30-37)63-41-20-22-45-43-16-6-8-18-47(43)60(49(45)32-41)51-28-34(2)24-26-56-51/h6-33H,5H2,1-4H3/i4D3. The summed E-state index contributed by atoms with van der Waals surface area (Å²) in [5.74, 6) is 4.04. The monoisotopic (exact) mass is 837 g/mol. The summed E-state index contributed by atoms with van der Waals surface area (Å²) < 4.78 is 49.4. The number of nitrogens with zero attached hydrogens (tertiary/aromatic N) is 6. The van der Waals surface area contributed by atoms with Gasteiger partial charge in [-0.15, -0.1) is 0 Å². The lowest BCUT2D eigenvalue weighted by Crippen LogP contribution is -2.03. The largest absolute Gasteiger partial charge is 0.476 e. The van der Waals surface area contributed by atoms with Crippen LogP contribution >= 0.6 is 0 Å². The Labute approximate surface area is 374 Å². The number of para-hydroxylation sites is 2. The van der Waals surface area contributed by atoms with Gasteiger partial charge in [0, 0.05) is 61.3 Å². The maximum atomic E-state index is 8.66. The van der Waals surface area contributed by atoms with Gasteiger partial charge >= 0.3 is 0 Å². The van der Waals surface area contributed by atoms with Crippen LogP contribution in [-0.2, 0) is 0 Å². The normalized spacial score (nSPS) is 12.4. The Bertz CT molecular complexity index is 3710.